The fourth-order valence-electron chi connectivity index (χ4n) is 2.41. The Kier molecular flexibility index (Phi) is 8.17. The van der Waals surface area contributed by atoms with Crippen LogP contribution in [0.1, 0.15) is 12.8 Å². The zero-order valence-electron chi connectivity index (χ0n) is 12.6. The molecule has 0 unspecified atom stereocenters. The maximum absolute atomic E-state index is 12.3. The topological polar surface area (TPSA) is 59.6 Å². The van der Waals surface area contributed by atoms with Gasteiger partial charge in [-0.25, -0.2) is 0 Å². The summed E-state index contributed by atoms with van der Waals surface area (Å²) in [7, 11) is 1.60. The standard InChI is InChI=1S/C15H21BrN2O3.ClH/c1-20-15(5-7-17-8-6-15)14(19)18-9-10-21-13-4-2-3-12(16)11-13;/h2-4,11,17H,5-10H2,1H3,(H,18,19);1H. The van der Waals surface area contributed by atoms with Gasteiger partial charge >= 0.3 is 0 Å². The highest BCUT2D eigenvalue weighted by atomic mass is 79.9. The Morgan fingerprint density at radius 1 is 1.41 bits per heavy atom. The Hall–Kier alpha value is -0.820. The molecule has 0 bridgehead atoms. The zero-order chi connectivity index (χ0) is 15.1. The molecule has 124 valence electrons. The number of halogens is 2. The first kappa shape index (κ1) is 19.2. The summed E-state index contributed by atoms with van der Waals surface area (Å²) < 4.78 is 12.0. The lowest BCUT2D eigenvalue weighted by atomic mass is 9.91. The van der Waals surface area contributed by atoms with Crippen molar-refractivity contribution in [2.24, 2.45) is 0 Å². The molecule has 0 radical (unpaired) electrons. The second kappa shape index (κ2) is 9.35. The number of nitrogens with one attached hydrogen (secondary N) is 2. The van der Waals surface area contributed by atoms with Crippen molar-refractivity contribution in [1.29, 1.82) is 0 Å². The van der Waals surface area contributed by atoms with Crippen LogP contribution in [0.4, 0.5) is 0 Å². The fourth-order valence-corrected chi connectivity index (χ4v) is 2.78. The summed E-state index contributed by atoms with van der Waals surface area (Å²) in [5.74, 6) is 0.728. The van der Waals surface area contributed by atoms with Crippen molar-refractivity contribution in [2.45, 2.75) is 18.4 Å². The highest BCUT2D eigenvalue weighted by Gasteiger charge is 2.39. The van der Waals surface area contributed by atoms with Crippen molar-refractivity contribution in [3.8, 4) is 5.75 Å². The molecule has 0 saturated carbocycles. The molecule has 1 saturated heterocycles. The first-order valence-electron chi connectivity index (χ1n) is 7.09. The van der Waals surface area contributed by atoms with Gasteiger partial charge in [0.1, 0.15) is 18.0 Å². The van der Waals surface area contributed by atoms with Gasteiger partial charge in [0.05, 0.1) is 6.54 Å². The molecule has 7 heteroatoms. The van der Waals surface area contributed by atoms with Crippen LogP contribution in [0.2, 0.25) is 0 Å². The van der Waals surface area contributed by atoms with Gasteiger partial charge in [0.2, 0.25) is 0 Å². The van der Waals surface area contributed by atoms with Crippen molar-refractivity contribution in [3.05, 3.63) is 28.7 Å². The molecule has 0 aromatic heterocycles. The van der Waals surface area contributed by atoms with Crippen molar-refractivity contribution in [1.82, 2.24) is 10.6 Å². The fraction of sp³-hybridized carbons (Fsp3) is 0.533. The number of piperidine rings is 1. The van der Waals surface area contributed by atoms with Crippen LogP contribution in [0.3, 0.4) is 0 Å². The minimum Gasteiger partial charge on any atom is -0.492 e. The maximum atomic E-state index is 12.3. The average molecular weight is 394 g/mol. The number of hydrogen-bond acceptors (Lipinski definition) is 4. The molecule has 1 aliphatic rings. The number of methoxy groups -OCH3 is 1. The number of ether oxygens (including phenoxy) is 2. The molecule has 22 heavy (non-hydrogen) atoms. The molecule has 0 atom stereocenters. The molecule has 2 N–H and O–H groups in total. The van der Waals surface area contributed by atoms with Crippen LogP contribution < -0.4 is 15.4 Å². The molecule has 1 heterocycles. The smallest absolute Gasteiger partial charge is 0.252 e. The Labute approximate surface area is 145 Å². The molecule has 0 spiro atoms. The second-order valence-corrected chi connectivity index (χ2v) is 5.93. The molecule has 5 nitrogen and oxygen atoms in total. The number of carbonyl (C=O) groups is 1. The SMILES string of the molecule is COC1(C(=O)NCCOc2cccc(Br)c2)CCNCC1.Cl. The quantitative estimate of drug-likeness (QED) is 0.727. The number of amides is 1. The molecule has 1 aliphatic heterocycles. The van der Waals surface area contributed by atoms with Crippen molar-refractivity contribution in [2.75, 3.05) is 33.4 Å². The van der Waals surface area contributed by atoms with Crippen LogP contribution in [-0.4, -0.2) is 44.9 Å². The van der Waals surface area contributed by atoms with Gasteiger partial charge in [-0.15, -0.1) is 12.4 Å². The van der Waals surface area contributed by atoms with E-state index < -0.39 is 5.60 Å². The zero-order valence-corrected chi connectivity index (χ0v) is 15.0. The summed E-state index contributed by atoms with van der Waals surface area (Å²) in [5, 5.41) is 6.13. The molecular formula is C15H22BrClN2O3. The Morgan fingerprint density at radius 2 is 2.14 bits per heavy atom. The third-order valence-corrected chi connectivity index (χ3v) is 4.16. The lowest BCUT2D eigenvalue weighted by Gasteiger charge is -2.34. The summed E-state index contributed by atoms with van der Waals surface area (Å²) >= 11 is 3.39. The van der Waals surface area contributed by atoms with E-state index in [1.807, 2.05) is 24.3 Å². The monoisotopic (exact) mass is 392 g/mol. The summed E-state index contributed by atoms with van der Waals surface area (Å²) in [4.78, 5) is 12.3. The van der Waals surface area contributed by atoms with Crippen LogP contribution in [0, 0.1) is 0 Å². The normalized spacial score (nSPS) is 16.5. The second-order valence-electron chi connectivity index (χ2n) is 5.01. The van der Waals surface area contributed by atoms with Gasteiger partial charge in [-0.05, 0) is 44.1 Å². The van der Waals surface area contributed by atoms with E-state index in [-0.39, 0.29) is 18.3 Å². The highest BCUT2D eigenvalue weighted by molar-refractivity contribution is 9.10. The minimum atomic E-state index is -0.693. The van der Waals surface area contributed by atoms with E-state index in [9.17, 15) is 4.79 Å². The predicted octanol–water partition coefficient (Wildman–Crippen LogP) is 2.13. The van der Waals surface area contributed by atoms with Crippen LogP contribution in [0.5, 0.6) is 5.75 Å². The molecule has 1 amide bonds. The van der Waals surface area contributed by atoms with Crippen molar-refractivity contribution in [3.63, 3.8) is 0 Å². The largest absolute Gasteiger partial charge is 0.492 e. The van der Waals surface area contributed by atoms with Crippen LogP contribution >= 0.6 is 28.3 Å². The van der Waals surface area contributed by atoms with E-state index in [0.29, 0.717) is 26.0 Å². The Bertz CT molecular complexity index is 482. The molecule has 2 rings (SSSR count). The average Bonchev–Trinajstić information content (AvgIpc) is 2.52. The van der Waals surface area contributed by atoms with E-state index in [0.717, 1.165) is 23.3 Å². The van der Waals surface area contributed by atoms with Gasteiger partial charge in [0.25, 0.3) is 5.91 Å². The van der Waals surface area contributed by atoms with Crippen LogP contribution in [0.25, 0.3) is 0 Å². The Balaban J connectivity index is 0.00000242. The van der Waals surface area contributed by atoms with Crippen LogP contribution in [-0.2, 0) is 9.53 Å². The third-order valence-electron chi connectivity index (χ3n) is 3.67. The molecule has 1 aromatic carbocycles. The van der Waals surface area contributed by atoms with E-state index in [4.69, 9.17) is 9.47 Å². The van der Waals surface area contributed by atoms with Crippen LogP contribution in [0.15, 0.2) is 28.7 Å². The summed E-state index contributed by atoms with van der Waals surface area (Å²) in [6, 6.07) is 7.63. The minimum absolute atomic E-state index is 0. The van der Waals surface area contributed by atoms with Gasteiger partial charge in [-0.3, -0.25) is 4.79 Å². The molecule has 0 aliphatic carbocycles. The van der Waals surface area contributed by atoms with Crippen molar-refractivity contribution >= 4 is 34.2 Å². The van der Waals surface area contributed by atoms with E-state index in [2.05, 4.69) is 26.6 Å². The van der Waals surface area contributed by atoms with Gasteiger partial charge in [0, 0.05) is 11.6 Å². The number of carbonyl (C=O) groups excluding carboxylic acids is 1. The first-order valence-corrected chi connectivity index (χ1v) is 7.88. The van der Waals surface area contributed by atoms with Crippen molar-refractivity contribution < 1.29 is 14.3 Å². The summed E-state index contributed by atoms with van der Waals surface area (Å²) in [6.45, 7) is 2.50. The first-order chi connectivity index (χ1) is 10.2. The summed E-state index contributed by atoms with van der Waals surface area (Å²) in [5.41, 5.74) is -0.693. The third kappa shape index (κ3) is 5.12. The van der Waals surface area contributed by atoms with E-state index in [1.165, 1.54) is 0 Å². The van der Waals surface area contributed by atoms with E-state index in [1.54, 1.807) is 7.11 Å². The lowest BCUT2D eigenvalue weighted by Crippen LogP contribution is -2.54. The molecular weight excluding hydrogens is 372 g/mol. The molecule has 1 fully saturated rings. The lowest BCUT2D eigenvalue weighted by molar-refractivity contribution is -0.146. The number of benzene rings is 1. The van der Waals surface area contributed by atoms with E-state index >= 15 is 0 Å². The number of hydrogen-bond donors (Lipinski definition) is 2. The summed E-state index contributed by atoms with van der Waals surface area (Å²) in [6.07, 6.45) is 1.39. The van der Waals surface area contributed by atoms with Gasteiger partial charge in [-0.1, -0.05) is 22.0 Å². The molecule has 1 aromatic rings. The van der Waals surface area contributed by atoms with Gasteiger partial charge in [0.15, 0.2) is 0 Å². The van der Waals surface area contributed by atoms with Gasteiger partial charge < -0.3 is 20.1 Å². The Morgan fingerprint density at radius 3 is 2.77 bits per heavy atom. The van der Waals surface area contributed by atoms with Gasteiger partial charge in [-0.2, -0.15) is 0 Å². The number of rotatable bonds is 6. The maximum Gasteiger partial charge on any atom is 0.252 e. The highest BCUT2D eigenvalue weighted by Crippen LogP contribution is 2.22. The predicted molar refractivity (Wildman–Crippen MR) is 91.7 cm³/mol.